The first kappa shape index (κ1) is 11.8. The molecule has 0 aliphatic rings. The molecule has 0 bridgehead atoms. The van der Waals surface area contributed by atoms with Crippen molar-refractivity contribution in [3.05, 3.63) is 46.1 Å². The lowest BCUT2D eigenvalue weighted by molar-refractivity contribution is -0.384. The standard InChI is InChI=1S/C11H9N3O4/c1-18-11(15)10-6-9(12-13-10)7-3-2-4-8(5-7)14(16)17/h2-6H,1H3,(H,12,13). The van der Waals surface area contributed by atoms with Gasteiger partial charge in [-0.1, -0.05) is 12.1 Å². The van der Waals surface area contributed by atoms with Gasteiger partial charge in [0.2, 0.25) is 0 Å². The van der Waals surface area contributed by atoms with Crippen LogP contribution >= 0.6 is 0 Å². The van der Waals surface area contributed by atoms with Gasteiger partial charge in [-0.15, -0.1) is 0 Å². The molecule has 2 rings (SSSR count). The van der Waals surface area contributed by atoms with Gasteiger partial charge in [0.25, 0.3) is 5.69 Å². The van der Waals surface area contributed by atoms with Crippen molar-refractivity contribution < 1.29 is 14.5 Å². The van der Waals surface area contributed by atoms with Crippen LogP contribution in [-0.4, -0.2) is 28.2 Å². The molecule has 7 heteroatoms. The first-order chi connectivity index (χ1) is 8.61. The monoisotopic (exact) mass is 247 g/mol. The van der Waals surface area contributed by atoms with Gasteiger partial charge in [0.15, 0.2) is 0 Å². The maximum absolute atomic E-state index is 11.2. The fraction of sp³-hybridized carbons (Fsp3) is 0.0909. The molecule has 0 saturated carbocycles. The van der Waals surface area contributed by atoms with Gasteiger partial charge in [-0.25, -0.2) is 4.79 Å². The minimum atomic E-state index is -0.542. The molecule has 92 valence electrons. The van der Waals surface area contributed by atoms with Crippen molar-refractivity contribution in [2.45, 2.75) is 0 Å². The Labute approximate surface area is 102 Å². The maximum Gasteiger partial charge on any atom is 0.356 e. The third kappa shape index (κ3) is 2.19. The van der Waals surface area contributed by atoms with Gasteiger partial charge in [0.1, 0.15) is 5.69 Å². The van der Waals surface area contributed by atoms with Crippen LogP contribution in [0.4, 0.5) is 5.69 Å². The number of aromatic amines is 1. The summed E-state index contributed by atoms with van der Waals surface area (Å²) in [5, 5.41) is 17.1. The number of nitrogens with zero attached hydrogens (tertiary/aromatic N) is 2. The molecule has 0 fully saturated rings. The lowest BCUT2D eigenvalue weighted by Gasteiger charge is -1.95. The van der Waals surface area contributed by atoms with Crippen LogP contribution in [0.3, 0.4) is 0 Å². The van der Waals surface area contributed by atoms with Crippen LogP contribution in [-0.2, 0) is 4.74 Å². The number of non-ortho nitro benzene ring substituents is 1. The number of benzene rings is 1. The third-order valence-corrected chi connectivity index (χ3v) is 2.34. The van der Waals surface area contributed by atoms with Crippen molar-refractivity contribution in [3.63, 3.8) is 0 Å². The molecule has 0 unspecified atom stereocenters. The first-order valence-corrected chi connectivity index (χ1v) is 5.00. The molecule has 1 aromatic heterocycles. The van der Waals surface area contributed by atoms with Crippen molar-refractivity contribution in [1.29, 1.82) is 0 Å². The van der Waals surface area contributed by atoms with Crippen LogP contribution in [0.1, 0.15) is 10.5 Å². The van der Waals surface area contributed by atoms with Gasteiger partial charge in [-0.3, -0.25) is 15.2 Å². The molecule has 0 spiro atoms. The van der Waals surface area contributed by atoms with Gasteiger partial charge in [0, 0.05) is 17.7 Å². The zero-order valence-electron chi connectivity index (χ0n) is 9.41. The molecule has 0 saturated heterocycles. The molecule has 0 aliphatic heterocycles. The summed E-state index contributed by atoms with van der Waals surface area (Å²) in [5.74, 6) is -0.542. The van der Waals surface area contributed by atoms with Crippen LogP contribution < -0.4 is 0 Å². The number of carbonyl (C=O) groups is 1. The summed E-state index contributed by atoms with van der Waals surface area (Å²) >= 11 is 0. The molecule has 2 aromatic rings. The number of carbonyl (C=O) groups excluding carboxylic acids is 1. The summed E-state index contributed by atoms with van der Waals surface area (Å²) in [6.45, 7) is 0. The number of aromatic nitrogens is 2. The van der Waals surface area contributed by atoms with Crippen molar-refractivity contribution in [1.82, 2.24) is 10.2 Å². The second-order valence-electron chi connectivity index (χ2n) is 3.47. The van der Waals surface area contributed by atoms with E-state index in [1.54, 1.807) is 12.1 Å². The molecule has 0 aliphatic carbocycles. The summed E-state index contributed by atoms with van der Waals surface area (Å²) < 4.78 is 4.53. The van der Waals surface area contributed by atoms with Gasteiger partial charge < -0.3 is 4.74 Å². The van der Waals surface area contributed by atoms with E-state index in [0.29, 0.717) is 11.3 Å². The highest BCUT2D eigenvalue weighted by atomic mass is 16.6. The predicted octanol–water partition coefficient (Wildman–Crippen LogP) is 1.77. The van der Waals surface area contributed by atoms with Crippen molar-refractivity contribution in [2.75, 3.05) is 7.11 Å². The first-order valence-electron chi connectivity index (χ1n) is 5.00. The number of ether oxygens (including phenoxy) is 1. The maximum atomic E-state index is 11.2. The molecular weight excluding hydrogens is 238 g/mol. The summed E-state index contributed by atoms with van der Waals surface area (Å²) in [6.07, 6.45) is 0. The molecule has 0 radical (unpaired) electrons. The number of hydrogen-bond donors (Lipinski definition) is 1. The summed E-state index contributed by atoms with van der Waals surface area (Å²) in [7, 11) is 1.26. The molecular formula is C11H9N3O4. The van der Waals surface area contributed by atoms with E-state index in [9.17, 15) is 14.9 Å². The van der Waals surface area contributed by atoms with Gasteiger partial charge in [-0.2, -0.15) is 5.10 Å². The fourth-order valence-electron chi connectivity index (χ4n) is 1.46. The lowest BCUT2D eigenvalue weighted by Crippen LogP contribution is -2.00. The summed E-state index contributed by atoms with van der Waals surface area (Å²) in [6, 6.07) is 7.48. The normalized spacial score (nSPS) is 10.1. The van der Waals surface area contributed by atoms with E-state index < -0.39 is 10.9 Å². The fourth-order valence-corrected chi connectivity index (χ4v) is 1.46. The van der Waals surface area contributed by atoms with Crippen LogP contribution in [0.5, 0.6) is 0 Å². The zero-order valence-corrected chi connectivity index (χ0v) is 9.41. The molecule has 18 heavy (non-hydrogen) atoms. The van der Waals surface area contributed by atoms with E-state index in [-0.39, 0.29) is 11.4 Å². The van der Waals surface area contributed by atoms with E-state index in [1.807, 2.05) is 0 Å². The Kier molecular flexibility index (Phi) is 3.05. The molecule has 7 nitrogen and oxygen atoms in total. The second-order valence-corrected chi connectivity index (χ2v) is 3.47. The SMILES string of the molecule is COC(=O)c1cc(-c2cccc([N+](=O)[O-])c2)n[nH]1. The number of rotatable bonds is 3. The Balaban J connectivity index is 2.37. The largest absolute Gasteiger partial charge is 0.464 e. The highest BCUT2D eigenvalue weighted by Crippen LogP contribution is 2.22. The van der Waals surface area contributed by atoms with Crippen molar-refractivity contribution >= 4 is 11.7 Å². The Morgan fingerprint density at radius 3 is 2.89 bits per heavy atom. The smallest absolute Gasteiger partial charge is 0.356 e. The number of nitrogens with one attached hydrogen (secondary N) is 1. The van der Waals surface area contributed by atoms with E-state index in [4.69, 9.17) is 0 Å². The van der Waals surface area contributed by atoms with Gasteiger partial charge >= 0.3 is 5.97 Å². The van der Waals surface area contributed by atoms with Crippen molar-refractivity contribution in [3.8, 4) is 11.3 Å². The average Bonchev–Trinajstić information content (AvgIpc) is 2.87. The number of nitro benzene ring substituents is 1. The Bertz CT molecular complexity index is 606. The van der Waals surface area contributed by atoms with Gasteiger partial charge in [0.05, 0.1) is 17.7 Å². The predicted molar refractivity (Wildman–Crippen MR) is 62.0 cm³/mol. The molecule has 0 amide bonds. The number of hydrogen-bond acceptors (Lipinski definition) is 5. The zero-order chi connectivity index (χ0) is 13.1. The molecule has 1 heterocycles. The number of nitro groups is 1. The molecule has 0 atom stereocenters. The van der Waals surface area contributed by atoms with E-state index in [2.05, 4.69) is 14.9 Å². The van der Waals surface area contributed by atoms with Crippen LogP contribution in [0.25, 0.3) is 11.3 Å². The lowest BCUT2D eigenvalue weighted by atomic mass is 10.1. The summed E-state index contributed by atoms with van der Waals surface area (Å²) in [5.41, 5.74) is 1.16. The Morgan fingerprint density at radius 2 is 2.22 bits per heavy atom. The molecule has 1 aromatic carbocycles. The highest BCUT2D eigenvalue weighted by Gasteiger charge is 2.13. The van der Waals surface area contributed by atoms with E-state index in [0.717, 1.165) is 0 Å². The molecule has 1 N–H and O–H groups in total. The highest BCUT2D eigenvalue weighted by molar-refractivity contribution is 5.88. The van der Waals surface area contributed by atoms with Crippen LogP contribution in [0.2, 0.25) is 0 Å². The van der Waals surface area contributed by atoms with Crippen LogP contribution in [0.15, 0.2) is 30.3 Å². The topological polar surface area (TPSA) is 98.1 Å². The minimum Gasteiger partial charge on any atom is -0.464 e. The number of H-pyrrole nitrogens is 1. The Morgan fingerprint density at radius 1 is 1.44 bits per heavy atom. The Hall–Kier alpha value is -2.70. The number of esters is 1. The third-order valence-electron chi connectivity index (χ3n) is 2.34. The average molecular weight is 247 g/mol. The minimum absolute atomic E-state index is 0.0323. The number of methoxy groups -OCH3 is 1. The second kappa shape index (κ2) is 4.66. The van der Waals surface area contributed by atoms with Crippen molar-refractivity contribution in [2.24, 2.45) is 0 Å². The van der Waals surface area contributed by atoms with Crippen LogP contribution in [0, 0.1) is 10.1 Å². The van der Waals surface area contributed by atoms with Gasteiger partial charge in [-0.05, 0) is 6.07 Å². The quantitative estimate of drug-likeness (QED) is 0.506. The van der Waals surface area contributed by atoms with E-state index >= 15 is 0 Å². The summed E-state index contributed by atoms with van der Waals surface area (Å²) in [4.78, 5) is 21.4. The van der Waals surface area contributed by atoms with E-state index in [1.165, 1.54) is 25.3 Å².